The Morgan fingerprint density at radius 2 is 1.85 bits per heavy atom. The lowest BCUT2D eigenvalue weighted by molar-refractivity contribution is -0.383. The monoisotopic (exact) mass is 372 g/mol. The van der Waals surface area contributed by atoms with Gasteiger partial charge in [-0.05, 0) is 44.0 Å². The highest BCUT2D eigenvalue weighted by Gasteiger charge is 2.21. The second-order valence-electron chi connectivity index (χ2n) is 5.88. The maximum absolute atomic E-state index is 12.1. The Kier molecular flexibility index (Phi) is 6.48. The molecule has 1 N–H and O–H groups in total. The number of esters is 1. The maximum Gasteiger partial charge on any atom is 0.344 e. The van der Waals surface area contributed by atoms with Crippen LogP contribution in [0.2, 0.25) is 0 Å². The number of ether oxygens (including phenoxy) is 2. The summed E-state index contributed by atoms with van der Waals surface area (Å²) in [5.41, 5.74) is 1.72. The molecule has 0 aliphatic carbocycles. The van der Waals surface area contributed by atoms with Gasteiger partial charge < -0.3 is 14.8 Å². The number of nitro benzene ring substituents is 1. The van der Waals surface area contributed by atoms with E-state index in [1.54, 1.807) is 12.1 Å². The summed E-state index contributed by atoms with van der Waals surface area (Å²) in [5.74, 6) is -0.838. The summed E-state index contributed by atoms with van der Waals surface area (Å²) < 4.78 is 10.5. The van der Waals surface area contributed by atoms with Crippen molar-refractivity contribution in [3.8, 4) is 5.75 Å². The number of hydrogen-bond donors (Lipinski definition) is 1. The van der Waals surface area contributed by atoms with E-state index < -0.39 is 22.9 Å². The van der Waals surface area contributed by atoms with Gasteiger partial charge in [-0.25, -0.2) is 4.79 Å². The molecule has 1 atom stereocenters. The van der Waals surface area contributed by atoms with Gasteiger partial charge in [0.05, 0.1) is 4.92 Å². The van der Waals surface area contributed by atoms with Crippen LogP contribution < -0.4 is 10.1 Å². The van der Waals surface area contributed by atoms with Crippen molar-refractivity contribution in [2.45, 2.75) is 26.9 Å². The van der Waals surface area contributed by atoms with E-state index in [9.17, 15) is 19.7 Å². The van der Waals surface area contributed by atoms with Crippen LogP contribution in [-0.2, 0) is 14.3 Å². The maximum atomic E-state index is 12.1. The SMILES string of the molecule is Cc1cccc(OCC(=O)O[C@@H](C)C(=O)Nc2ccccc2[N+](=O)[O-])c1C. The molecule has 0 fully saturated rings. The number of anilines is 1. The van der Waals surface area contributed by atoms with Gasteiger partial charge in [0.15, 0.2) is 12.7 Å². The van der Waals surface area contributed by atoms with Crippen LogP contribution in [0.15, 0.2) is 42.5 Å². The van der Waals surface area contributed by atoms with E-state index in [4.69, 9.17) is 9.47 Å². The van der Waals surface area contributed by atoms with E-state index >= 15 is 0 Å². The fourth-order valence-corrected chi connectivity index (χ4v) is 2.27. The van der Waals surface area contributed by atoms with Gasteiger partial charge in [-0.3, -0.25) is 14.9 Å². The van der Waals surface area contributed by atoms with Gasteiger partial charge >= 0.3 is 5.97 Å². The predicted octanol–water partition coefficient (Wildman–Crippen LogP) is 3.16. The molecule has 0 radical (unpaired) electrons. The highest BCUT2D eigenvalue weighted by molar-refractivity contribution is 5.96. The van der Waals surface area contributed by atoms with E-state index in [1.807, 2.05) is 26.0 Å². The van der Waals surface area contributed by atoms with Gasteiger partial charge in [0, 0.05) is 6.07 Å². The summed E-state index contributed by atoms with van der Waals surface area (Å²) >= 11 is 0. The molecule has 2 aromatic carbocycles. The summed E-state index contributed by atoms with van der Waals surface area (Å²) in [4.78, 5) is 34.4. The van der Waals surface area contributed by atoms with E-state index in [2.05, 4.69) is 5.32 Å². The van der Waals surface area contributed by atoms with E-state index in [1.165, 1.54) is 25.1 Å². The molecule has 0 heterocycles. The summed E-state index contributed by atoms with van der Waals surface area (Å²) in [6, 6.07) is 11.2. The third kappa shape index (κ3) is 5.27. The minimum atomic E-state index is -1.14. The lowest BCUT2D eigenvalue weighted by atomic mass is 10.1. The third-order valence-corrected chi connectivity index (χ3v) is 3.94. The van der Waals surface area contributed by atoms with Crippen LogP contribution >= 0.6 is 0 Å². The molecule has 0 aliphatic heterocycles. The number of aryl methyl sites for hydroxylation is 1. The van der Waals surface area contributed by atoms with Gasteiger partial charge in [0.25, 0.3) is 11.6 Å². The molecule has 0 spiro atoms. The number of carbonyl (C=O) groups excluding carboxylic acids is 2. The Morgan fingerprint density at radius 1 is 1.15 bits per heavy atom. The molecule has 0 aliphatic rings. The van der Waals surface area contributed by atoms with Crippen molar-refractivity contribution < 1.29 is 24.0 Å². The fraction of sp³-hybridized carbons (Fsp3) is 0.263. The molecule has 8 heteroatoms. The van der Waals surface area contributed by atoms with Crippen LogP contribution in [0.25, 0.3) is 0 Å². The van der Waals surface area contributed by atoms with Gasteiger partial charge in [0.2, 0.25) is 0 Å². The predicted molar refractivity (Wildman–Crippen MR) is 98.7 cm³/mol. The smallest absolute Gasteiger partial charge is 0.344 e. The number of carbonyl (C=O) groups is 2. The van der Waals surface area contributed by atoms with Crippen molar-refractivity contribution >= 4 is 23.3 Å². The first kappa shape index (κ1) is 19.9. The molecule has 0 bridgehead atoms. The average Bonchev–Trinajstić information content (AvgIpc) is 2.63. The summed E-state index contributed by atoms with van der Waals surface area (Å²) in [6.07, 6.45) is -1.14. The van der Waals surface area contributed by atoms with Crippen molar-refractivity contribution in [2.24, 2.45) is 0 Å². The topological polar surface area (TPSA) is 108 Å². The van der Waals surface area contributed by atoms with Crippen LogP contribution in [0.1, 0.15) is 18.1 Å². The highest BCUT2D eigenvalue weighted by atomic mass is 16.6. The van der Waals surface area contributed by atoms with Crippen LogP contribution in [0, 0.1) is 24.0 Å². The minimum absolute atomic E-state index is 0.0297. The molecule has 8 nitrogen and oxygen atoms in total. The number of nitrogens with zero attached hydrogens (tertiary/aromatic N) is 1. The summed E-state index contributed by atoms with van der Waals surface area (Å²) in [6.45, 7) is 4.82. The Labute approximate surface area is 156 Å². The highest BCUT2D eigenvalue weighted by Crippen LogP contribution is 2.23. The first-order valence-corrected chi connectivity index (χ1v) is 8.22. The molecule has 1 amide bonds. The second-order valence-corrected chi connectivity index (χ2v) is 5.88. The van der Waals surface area contributed by atoms with Crippen molar-refractivity contribution in [1.29, 1.82) is 0 Å². The molecular weight excluding hydrogens is 352 g/mol. The summed E-state index contributed by atoms with van der Waals surface area (Å²) in [7, 11) is 0. The van der Waals surface area contributed by atoms with Crippen LogP contribution in [0.4, 0.5) is 11.4 Å². The van der Waals surface area contributed by atoms with E-state index in [0.717, 1.165) is 11.1 Å². The summed E-state index contributed by atoms with van der Waals surface area (Å²) in [5, 5.41) is 13.4. The number of hydrogen-bond acceptors (Lipinski definition) is 6. The molecule has 27 heavy (non-hydrogen) atoms. The van der Waals surface area contributed by atoms with Crippen LogP contribution in [-0.4, -0.2) is 29.5 Å². The van der Waals surface area contributed by atoms with Gasteiger partial charge in [-0.1, -0.05) is 24.3 Å². The Bertz CT molecular complexity index is 865. The largest absolute Gasteiger partial charge is 0.482 e. The number of para-hydroxylation sites is 2. The van der Waals surface area contributed by atoms with Crippen LogP contribution in [0.5, 0.6) is 5.75 Å². The average molecular weight is 372 g/mol. The van der Waals surface area contributed by atoms with E-state index in [0.29, 0.717) is 5.75 Å². The Balaban J connectivity index is 1.91. The lowest BCUT2D eigenvalue weighted by Gasteiger charge is -2.15. The van der Waals surface area contributed by atoms with Crippen LogP contribution in [0.3, 0.4) is 0 Å². The molecule has 0 saturated carbocycles. The number of benzene rings is 2. The Morgan fingerprint density at radius 3 is 2.56 bits per heavy atom. The number of rotatable bonds is 7. The quantitative estimate of drug-likeness (QED) is 0.454. The third-order valence-electron chi connectivity index (χ3n) is 3.94. The zero-order valence-electron chi connectivity index (χ0n) is 15.2. The molecule has 2 aromatic rings. The van der Waals surface area contributed by atoms with Crippen molar-refractivity contribution in [1.82, 2.24) is 0 Å². The molecule has 142 valence electrons. The standard InChI is InChI=1S/C19H20N2O6/c1-12-7-6-10-17(13(12)2)26-11-18(22)27-14(3)19(23)20-15-8-4-5-9-16(15)21(24)25/h4-10,14H,11H2,1-3H3,(H,20,23)/t14-/m0/s1. The molecule has 0 unspecified atom stereocenters. The zero-order valence-corrected chi connectivity index (χ0v) is 15.2. The molecule has 0 saturated heterocycles. The lowest BCUT2D eigenvalue weighted by Crippen LogP contribution is -2.31. The van der Waals surface area contributed by atoms with Gasteiger partial charge in [-0.2, -0.15) is 0 Å². The first-order chi connectivity index (χ1) is 12.8. The van der Waals surface area contributed by atoms with E-state index in [-0.39, 0.29) is 18.0 Å². The first-order valence-electron chi connectivity index (χ1n) is 8.22. The zero-order chi connectivity index (χ0) is 20.0. The molecule has 0 aromatic heterocycles. The van der Waals surface area contributed by atoms with Gasteiger partial charge in [-0.15, -0.1) is 0 Å². The van der Waals surface area contributed by atoms with Crippen molar-refractivity contribution in [3.05, 3.63) is 63.7 Å². The number of amides is 1. The van der Waals surface area contributed by atoms with Crippen molar-refractivity contribution in [2.75, 3.05) is 11.9 Å². The fourth-order valence-electron chi connectivity index (χ4n) is 2.27. The normalized spacial score (nSPS) is 11.4. The Hall–Kier alpha value is -3.42. The number of nitrogens with one attached hydrogen (secondary N) is 1. The molecule has 2 rings (SSSR count). The minimum Gasteiger partial charge on any atom is -0.482 e. The molecular formula is C19H20N2O6. The van der Waals surface area contributed by atoms with Crippen molar-refractivity contribution in [3.63, 3.8) is 0 Å². The van der Waals surface area contributed by atoms with Gasteiger partial charge in [0.1, 0.15) is 11.4 Å². The second kappa shape index (κ2) is 8.79. The number of nitro groups is 1.